The lowest BCUT2D eigenvalue weighted by atomic mass is 10.1. The number of nitrogens with zero attached hydrogens (tertiary/aromatic N) is 1. The summed E-state index contributed by atoms with van der Waals surface area (Å²) in [6, 6.07) is 5.76. The highest BCUT2D eigenvalue weighted by molar-refractivity contribution is 5.95. The lowest BCUT2D eigenvalue weighted by Crippen LogP contribution is -2.26. The van der Waals surface area contributed by atoms with Crippen molar-refractivity contribution in [2.45, 2.75) is 33.3 Å². The molecule has 0 aliphatic heterocycles. The van der Waals surface area contributed by atoms with Crippen LogP contribution in [0, 0.1) is 18.8 Å². The molecule has 0 aliphatic carbocycles. The third kappa shape index (κ3) is 3.26. The van der Waals surface area contributed by atoms with Crippen LogP contribution in [0.15, 0.2) is 24.4 Å². The van der Waals surface area contributed by atoms with Crippen molar-refractivity contribution in [3.8, 4) is 11.8 Å². The average molecular weight is 285 g/mol. The molecular formula is C17H19NO3. The minimum Gasteiger partial charge on any atom is -0.443 e. The van der Waals surface area contributed by atoms with Crippen LogP contribution in [0.5, 0.6) is 0 Å². The molecule has 110 valence electrons. The van der Waals surface area contributed by atoms with Gasteiger partial charge in [0.1, 0.15) is 12.2 Å². The second-order valence-corrected chi connectivity index (χ2v) is 5.82. The van der Waals surface area contributed by atoms with Gasteiger partial charge in [0.2, 0.25) is 0 Å². The van der Waals surface area contributed by atoms with Crippen molar-refractivity contribution in [3.63, 3.8) is 0 Å². The van der Waals surface area contributed by atoms with Gasteiger partial charge >= 0.3 is 6.09 Å². The number of hydrogen-bond donors (Lipinski definition) is 1. The molecule has 4 nitrogen and oxygen atoms in total. The Kier molecular flexibility index (Phi) is 4.06. The molecule has 1 heterocycles. The highest BCUT2D eigenvalue weighted by atomic mass is 16.6. The van der Waals surface area contributed by atoms with Crippen molar-refractivity contribution in [2.24, 2.45) is 0 Å². The molecule has 4 heteroatoms. The molecule has 0 spiro atoms. The first-order chi connectivity index (χ1) is 9.83. The van der Waals surface area contributed by atoms with Gasteiger partial charge in [0.25, 0.3) is 0 Å². The predicted molar refractivity (Wildman–Crippen MR) is 82.3 cm³/mol. The molecule has 0 unspecified atom stereocenters. The first-order valence-electron chi connectivity index (χ1n) is 6.77. The standard InChI is InChI=1S/C17H19NO3/c1-12-7-5-9-14-13(8-6-10-19)11-18(15(12)14)16(20)21-17(2,3)4/h5,7,9,11,19H,10H2,1-4H3. The molecule has 21 heavy (non-hydrogen) atoms. The Hall–Kier alpha value is -2.25. The van der Waals surface area contributed by atoms with Crippen LogP contribution in [0.1, 0.15) is 31.9 Å². The first kappa shape index (κ1) is 15.1. The Morgan fingerprint density at radius 2 is 2.10 bits per heavy atom. The second-order valence-electron chi connectivity index (χ2n) is 5.82. The fourth-order valence-corrected chi connectivity index (χ4v) is 2.15. The van der Waals surface area contributed by atoms with Crippen LogP contribution >= 0.6 is 0 Å². The Morgan fingerprint density at radius 3 is 2.71 bits per heavy atom. The van der Waals surface area contributed by atoms with Crippen LogP contribution in [0.2, 0.25) is 0 Å². The third-order valence-corrected chi connectivity index (χ3v) is 2.92. The quantitative estimate of drug-likeness (QED) is 0.757. The number of hydrogen-bond acceptors (Lipinski definition) is 3. The van der Waals surface area contributed by atoms with Crippen molar-refractivity contribution < 1.29 is 14.6 Å². The van der Waals surface area contributed by atoms with E-state index >= 15 is 0 Å². The van der Waals surface area contributed by atoms with Gasteiger partial charge in [-0.1, -0.05) is 30.0 Å². The van der Waals surface area contributed by atoms with Crippen LogP contribution in [0.25, 0.3) is 10.9 Å². The van der Waals surface area contributed by atoms with Gasteiger partial charge < -0.3 is 9.84 Å². The van der Waals surface area contributed by atoms with E-state index in [1.807, 2.05) is 45.9 Å². The molecule has 2 rings (SSSR count). The van der Waals surface area contributed by atoms with Crippen molar-refractivity contribution in [1.29, 1.82) is 0 Å². The molecule has 0 saturated carbocycles. The lowest BCUT2D eigenvalue weighted by Gasteiger charge is -2.20. The average Bonchev–Trinajstić information content (AvgIpc) is 2.75. The summed E-state index contributed by atoms with van der Waals surface area (Å²) in [5, 5.41) is 9.73. The van der Waals surface area contributed by atoms with E-state index in [0.717, 1.165) is 16.5 Å². The summed E-state index contributed by atoms with van der Waals surface area (Å²) in [5.74, 6) is 5.49. The van der Waals surface area contributed by atoms with Gasteiger partial charge in [-0.25, -0.2) is 4.79 Å². The Balaban J connectivity index is 2.61. The number of benzene rings is 1. The van der Waals surface area contributed by atoms with Crippen LogP contribution in [-0.2, 0) is 4.74 Å². The van der Waals surface area contributed by atoms with Gasteiger partial charge in [-0.15, -0.1) is 0 Å². The summed E-state index contributed by atoms with van der Waals surface area (Å²) in [7, 11) is 0. The Bertz CT molecular complexity index is 739. The highest BCUT2D eigenvalue weighted by Crippen LogP contribution is 2.25. The van der Waals surface area contributed by atoms with Crippen molar-refractivity contribution in [1.82, 2.24) is 4.57 Å². The maximum absolute atomic E-state index is 12.4. The number of aromatic nitrogens is 1. The fraction of sp³-hybridized carbons (Fsp3) is 0.353. The normalized spacial score (nSPS) is 11.1. The molecule has 0 saturated heterocycles. The van der Waals surface area contributed by atoms with Crippen LogP contribution in [0.3, 0.4) is 0 Å². The molecular weight excluding hydrogens is 266 g/mol. The largest absolute Gasteiger partial charge is 0.443 e. The minimum absolute atomic E-state index is 0.217. The number of carbonyl (C=O) groups excluding carboxylic acids is 1. The molecule has 1 N–H and O–H groups in total. The van der Waals surface area contributed by atoms with Gasteiger partial charge in [0.05, 0.1) is 11.1 Å². The maximum atomic E-state index is 12.4. The molecule has 1 aromatic carbocycles. The summed E-state index contributed by atoms with van der Waals surface area (Å²) in [6.45, 7) is 7.21. The SMILES string of the molecule is Cc1cccc2c(C#CCO)cn(C(=O)OC(C)(C)C)c12. The Labute approximate surface area is 124 Å². The van der Waals surface area contributed by atoms with Crippen molar-refractivity contribution in [2.75, 3.05) is 6.61 Å². The van der Waals surface area contributed by atoms with Gasteiger partial charge in [-0.3, -0.25) is 4.57 Å². The van der Waals surface area contributed by atoms with Crippen LogP contribution in [0.4, 0.5) is 4.79 Å². The first-order valence-corrected chi connectivity index (χ1v) is 6.77. The van der Waals surface area contributed by atoms with E-state index in [-0.39, 0.29) is 6.61 Å². The summed E-state index contributed by atoms with van der Waals surface area (Å²) < 4.78 is 6.91. The molecule has 0 fully saturated rings. The number of para-hydroxylation sites is 1. The van der Waals surface area contributed by atoms with E-state index in [0.29, 0.717) is 5.56 Å². The number of aryl methyl sites for hydroxylation is 1. The van der Waals surface area contributed by atoms with E-state index < -0.39 is 11.7 Å². The number of ether oxygens (including phenoxy) is 1. The molecule has 0 radical (unpaired) electrons. The number of aliphatic hydroxyl groups is 1. The summed E-state index contributed by atoms with van der Waals surface area (Å²) in [6.07, 6.45) is 1.23. The van der Waals surface area contributed by atoms with E-state index in [1.165, 1.54) is 4.57 Å². The van der Waals surface area contributed by atoms with Crippen molar-refractivity contribution >= 4 is 17.0 Å². The van der Waals surface area contributed by atoms with E-state index in [2.05, 4.69) is 11.8 Å². The topological polar surface area (TPSA) is 51.5 Å². The molecule has 1 aromatic heterocycles. The smallest absolute Gasteiger partial charge is 0.419 e. The number of fused-ring (bicyclic) bond motifs is 1. The van der Waals surface area contributed by atoms with Gasteiger partial charge in [-0.2, -0.15) is 0 Å². The summed E-state index contributed by atoms with van der Waals surface area (Å²) in [4.78, 5) is 12.4. The second kappa shape index (κ2) is 5.63. The van der Waals surface area contributed by atoms with Crippen LogP contribution in [-0.4, -0.2) is 28.0 Å². The number of aliphatic hydroxyl groups excluding tert-OH is 1. The maximum Gasteiger partial charge on any atom is 0.419 e. The molecule has 0 amide bonds. The van der Waals surface area contributed by atoms with Crippen LogP contribution < -0.4 is 0 Å². The van der Waals surface area contributed by atoms with Gasteiger partial charge in [0, 0.05) is 11.6 Å². The summed E-state index contributed by atoms with van der Waals surface area (Å²) in [5.41, 5.74) is 1.89. The number of carbonyl (C=O) groups is 1. The monoisotopic (exact) mass is 285 g/mol. The highest BCUT2D eigenvalue weighted by Gasteiger charge is 2.21. The molecule has 0 atom stereocenters. The zero-order valence-corrected chi connectivity index (χ0v) is 12.7. The van der Waals surface area contributed by atoms with E-state index in [4.69, 9.17) is 9.84 Å². The predicted octanol–water partition coefficient (Wildman–Crippen LogP) is 3.08. The zero-order valence-electron chi connectivity index (χ0n) is 12.7. The Morgan fingerprint density at radius 1 is 1.38 bits per heavy atom. The summed E-state index contributed by atoms with van der Waals surface area (Å²) >= 11 is 0. The van der Waals surface area contributed by atoms with Gasteiger partial charge in [0.15, 0.2) is 0 Å². The minimum atomic E-state index is -0.562. The molecule has 0 aliphatic rings. The zero-order chi connectivity index (χ0) is 15.6. The van der Waals surface area contributed by atoms with Gasteiger partial charge in [-0.05, 0) is 33.3 Å². The molecule has 0 bridgehead atoms. The van der Waals surface area contributed by atoms with E-state index in [9.17, 15) is 4.79 Å². The molecule has 2 aromatic rings. The lowest BCUT2D eigenvalue weighted by molar-refractivity contribution is 0.0544. The third-order valence-electron chi connectivity index (χ3n) is 2.92. The van der Waals surface area contributed by atoms with Crippen molar-refractivity contribution in [3.05, 3.63) is 35.5 Å². The van der Waals surface area contributed by atoms with E-state index in [1.54, 1.807) is 6.20 Å². The number of rotatable bonds is 0. The fourth-order valence-electron chi connectivity index (χ4n) is 2.15.